The number of hydrogen-bond acceptors (Lipinski definition) is 5. The van der Waals surface area contributed by atoms with Crippen molar-refractivity contribution in [3.8, 4) is 0 Å². The van der Waals surface area contributed by atoms with Gasteiger partial charge in [-0.15, -0.1) is 0 Å². The number of carbonyl (C=O) groups is 2. The van der Waals surface area contributed by atoms with Crippen LogP contribution in [0.4, 0.5) is 10.7 Å². The number of aromatic nitrogens is 2. The molecule has 24 heavy (non-hydrogen) atoms. The van der Waals surface area contributed by atoms with Gasteiger partial charge >= 0.3 is 6.03 Å². The first-order valence-corrected chi connectivity index (χ1v) is 8.47. The van der Waals surface area contributed by atoms with Gasteiger partial charge in [-0.3, -0.25) is 15.0 Å². The van der Waals surface area contributed by atoms with E-state index >= 15 is 0 Å². The number of hydrogen-bond donors (Lipinski definition) is 1. The van der Waals surface area contributed by atoms with Crippen molar-refractivity contribution in [2.45, 2.75) is 32.6 Å². The van der Waals surface area contributed by atoms with Crippen LogP contribution >= 0.6 is 0 Å². The lowest BCUT2D eigenvalue weighted by Gasteiger charge is -2.31. The fourth-order valence-corrected chi connectivity index (χ4v) is 3.23. The molecule has 1 aromatic rings. The van der Waals surface area contributed by atoms with Crippen LogP contribution in [-0.2, 0) is 4.79 Å². The predicted molar refractivity (Wildman–Crippen MR) is 91.2 cm³/mol. The Morgan fingerprint density at radius 3 is 2.71 bits per heavy atom. The Morgan fingerprint density at radius 1 is 1.33 bits per heavy atom. The zero-order chi connectivity index (χ0) is 17.1. The van der Waals surface area contributed by atoms with Gasteiger partial charge < -0.3 is 4.90 Å². The maximum atomic E-state index is 11.8. The van der Waals surface area contributed by atoms with Crippen LogP contribution in [0.1, 0.15) is 38.3 Å². The molecular formula is C17H23N5O2. The van der Waals surface area contributed by atoms with Crippen LogP contribution < -0.4 is 10.2 Å². The fourth-order valence-electron chi connectivity index (χ4n) is 3.23. The van der Waals surface area contributed by atoms with Gasteiger partial charge in [0.1, 0.15) is 5.70 Å². The van der Waals surface area contributed by atoms with Crippen LogP contribution in [0.3, 0.4) is 0 Å². The zero-order valence-electron chi connectivity index (χ0n) is 14.2. The summed E-state index contributed by atoms with van der Waals surface area (Å²) in [4.78, 5) is 35.7. The molecule has 0 unspecified atom stereocenters. The predicted octanol–water partition coefficient (Wildman–Crippen LogP) is 2.02. The smallest absolute Gasteiger partial charge is 0.328 e. The van der Waals surface area contributed by atoms with Crippen molar-refractivity contribution in [1.29, 1.82) is 0 Å². The molecule has 0 radical (unpaired) electrons. The van der Waals surface area contributed by atoms with Crippen molar-refractivity contribution in [3.05, 3.63) is 23.7 Å². The van der Waals surface area contributed by atoms with Gasteiger partial charge in [-0.2, -0.15) is 0 Å². The molecular weight excluding hydrogens is 306 g/mol. The summed E-state index contributed by atoms with van der Waals surface area (Å²) in [5, 5.41) is 2.26. The molecule has 0 aliphatic carbocycles. The first-order valence-electron chi connectivity index (χ1n) is 8.47. The molecule has 0 aromatic carbocycles. The number of piperidine rings is 1. The summed E-state index contributed by atoms with van der Waals surface area (Å²) in [5.41, 5.74) is 0.925. The SMILES string of the molecule is CCCC1CCN(c2nccc(C=C3C(=O)NC(=O)N3C)n2)CC1. The lowest BCUT2D eigenvalue weighted by molar-refractivity contribution is -0.115. The summed E-state index contributed by atoms with van der Waals surface area (Å²) in [6.07, 6.45) is 8.18. The first-order chi connectivity index (χ1) is 11.6. The Hall–Kier alpha value is -2.44. The van der Waals surface area contributed by atoms with Crippen molar-refractivity contribution in [2.24, 2.45) is 5.92 Å². The van der Waals surface area contributed by atoms with Crippen molar-refractivity contribution < 1.29 is 9.59 Å². The van der Waals surface area contributed by atoms with Gasteiger partial charge in [0.15, 0.2) is 0 Å². The van der Waals surface area contributed by atoms with E-state index in [1.165, 1.54) is 30.6 Å². The second-order valence-electron chi connectivity index (χ2n) is 6.35. The second-order valence-corrected chi connectivity index (χ2v) is 6.35. The van der Waals surface area contributed by atoms with Gasteiger partial charge in [0.25, 0.3) is 5.91 Å². The number of imide groups is 1. The minimum atomic E-state index is -0.418. The van der Waals surface area contributed by atoms with E-state index in [1.807, 2.05) is 0 Å². The molecule has 3 rings (SSSR count). The Kier molecular flexibility index (Phi) is 4.78. The molecule has 2 fully saturated rings. The summed E-state index contributed by atoms with van der Waals surface area (Å²) >= 11 is 0. The van der Waals surface area contributed by atoms with Gasteiger partial charge in [0.05, 0.1) is 5.69 Å². The lowest BCUT2D eigenvalue weighted by Crippen LogP contribution is -2.34. The number of amides is 3. The van der Waals surface area contributed by atoms with Gasteiger partial charge in [-0.1, -0.05) is 19.8 Å². The average Bonchev–Trinajstić information content (AvgIpc) is 2.82. The Labute approximate surface area is 141 Å². The minimum Gasteiger partial charge on any atom is -0.341 e. The number of carbonyl (C=O) groups excluding carboxylic acids is 2. The summed E-state index contributed by atoms with van der Waals surface area (Å²) in [5.74, 6) is 1.09. The van der Waals surface area contributed by atoms with Gasteiger partial charge in [-0.25, -0.2) is 14.8 Å². The van der Waals surface area contributed by atoms with E-state index in [4.69, 9.17) is 0 Å². The molecule has 1 aromatic heterocycles. The van der Waals surface area contributed by atoms with E-state index in [1.54, 1.807) is 25.4 Å². The topological polar surface area (TPSA) is 78.4 Å². The van der Waals surface area contributed by atoms with E-state index in [0.717, 1.165) is 19.0 Å². The molecule has 3 heterocycles. The zero-order valence-corrected chi connectivity index (χ0v) is 14.2. The molecule has 0 saturated carbocycles. The number of nitrogens with zero attached hydrogens (tertiary/aromatic N) is 4. The average molecular weight is 329 g/mol. The Balaban J connectivity index is 1.73. The molecule has 0 spiro atoms. The van der Waals surface area contributed by atoms with Crippen LogP contribution in [-0.4, -0.2) is 46.9 Å². The van der Waals surface area contributed by atoms with E-state index in [2.05, 4.69) is 27.1 Å². The highest BCUT2D eigenvalue weighted by Crippen LogP contribution is 2.24. The largest absolute Gasteiger partial charge is 0.341 e. The maximum absolute atomic E-state index is 11.8. The first kappa shape index (κ1) is 16.4. The molecule has 2 saturated heterocycles. The highest BCUT2D eigenvalue weighted by Gasteiger charge is 2.30. The highest BCUT2D eigenvalue weighted by atomic mass is 16.2. The van der Waals surface area contributed by atoms with Crippen molar-refractivity contribution in [3.63, 3.8) is 0 Å². The molecule has 3 amide bonds. The molecule has 2 aliphatic heterocycles. The van der Waals surface area contributed by atoms with Gasteiger partial charge in [0.2, 0.25) is 5.95 Å². The third-order valence-corrected chi connectivity index (χ3v) is 4.66. The third-order valence-electron chi connectivity index (χ3n) is 4.66. The lowest BCUT2D eigenvalue weighted by atomic mass is 9.93. The van der Waals surface area contributed by atoms with Crippen molar-refractivity contribution in [1.82, 2.24) is 20.2 Å². The number of urea groups is 1. The Morgan fingerprint density at radius 2 is 2.08 bits per heavy atom. The Bertz CT molecular complexity index is 665. The third kappa shape index (κ3) is 3.39. The molecule has 2 aliphatic rings. The van der Waals surface area contributed by atoms with E-state index in [-0.39, 0.29) is 0 Å². The van der Waals surface area contributed by atoms with Crippen LogP contribution in [0, 0.1) is 5.92 Å². The standard InChI is InChI=1S/C17H23N5O2/c1-3-4-12-6-9-22(10-7-12)16-18-8-5-13(19-16)11-14-15(23)20-17(24)21(14)2/h5,8,11-12H,3-4,6-7,9-10H2,1-2H3,(H,20,23,24). The molecule has 7 nitrogen and oxygen atoms in total. The normalized spacial score (nSPS) is 20.8. The molecule has 1 N–H and O–H groups in total. The fraction of sp³-hybridized carbons (Fsp3) is 0.529. The summed E-state index contributed by atoms with van der Waals surface area (Å²) in [6.45, 7) is 4.15. The number of likely N-dealkylation sites (N-methyl/N-ethyl adjacent to an activating group) is 1. The molecule has 128 valence electrons. The van der Waals surface area contributed by atoms with Gasteiger partial charge in [0, 0.05) is 26.3 Å². The number of nitrogens with one attached hydrogen (secondary N) is 1. The second kappa shape index (κ2) is 6.98. The van der Waals surface area contributed by atoms with E-state index in [9.17, 15) is 9.59 Å². The maximum Gasteiger partial charge on any atom is 0.328 e. The van der Waals surface area contributed by atoms with E-state index < -0.39 is 11.9 Å². The van der Waals surface area contributed by atoms with Crippen LogP contribution in [0.25, 0.3) is 6.08 Å². The van der Waals surface area contributed by atoms with Crippen LogP contribution in [0.5, 0.6) is 0 Å². The molecule has 7 heteroatoms. The van der Waals surface area contributed by atoms with Crippen LogP contribution in [0.2, 0.25) is 0 Å². The van der Waals surface area contributed by atoms with Gasteiger partial charge in [-0.05, 0) is 30.9 Å². The quantitative estimate of drug-likeness (QED) is 0.675. The molecule has 0 atom stereocenters. The minimum absolute atomic E-state index is 0.298. The summed E-state index contributed by atoms with van der Waals surface area (Å²) in [7, 11) is 1.56. The van der Waals surface area contributed by atoms with Crippen molar-refractivity contribution in [2.75, 3.05) is 25.0 Å². The highest BCUT2D eigenvalue weighted by molar-refractivity contribution is 6.13. The van der Waals surface area contributed by atoms with E-state index in [0.29, 0.717) is 17.3 Å². The number of rotatable bonds is 4. The van der Waals surface area contributed by atoms with Crippen LogP contribution in [0.15, 0.2) is 18.0 Å². The molecule has 0 bridgehead atoms. The monoisotopic (exact) mass is 329 g/mol. The summed E-state index contributed by atoms with van der Waals surface area (Å²) in [6, 6.07) is 1.32. The number of anilines is 1. The van der Waals surface area contributed by atoms with Crippen molar-refractivity contribution >= 4 is 24.0 Å². The summed E-state index contributed by atoms with van der Waals surface area (Å²) < 4.78 is 0.